The fourth-order valence-electron chi connectivity index (χ4n) is 4.65. The van der Waals surface area contributed by atoms with E-state index in [1.165, 1.54) is 12.8 Å². The normalized spacial score (nSPS) is 22.1. The van der Waals surface area contributed by atoms with E-state index in [-0.39, 0.29) is 12.0 Å². The summed E-state index contributed by atoms with van der Waals surface area (Å²) in [5.74, 6) is -0.167. The summed E-state index contributed by atoms with van der Waals surface area (Å²) >= 11 is 0. The van der Waals surface area contributed by atoms with Crippen molar-refractivity contribution in [1.29, 1.82) is 0 Å². The summed E-state index contributed by atoms with van der Waals surface area (Å²) in [7, 11) is -3.82. The Bertz CT molecular complexity index is 1320. The second kappa shape index (κ2) is 9.96. The van der Waals surface area contributed by atoms with Crippen LogP contribution in [0.5, 0.6) is 5.75 Å². The lowest BCUT2D eigenvalue weighted by atomic mass is 9.79. The highest BCUT2D eigenvalue weighted by molar-refractivity contribution is 7.91. The molecule has 1 atom stereocenters. The van der Waals surface area contributed by atoms with E-state index in [0.717, 1.165) is 30.7 Å². The molecular formula is C27H34N4O5S. The molecule has 1 unspecified atom stereocenters. The number of nitrogens with one attached hydrogen (secondary N) is 2. The smallest absolute Gasteiger partial charge is 0.270 e. The molecule has 1 aliphatic heterocycles. The van der Waals surface area contributed by atoms with Crippen LogP contribution in [0.3, 0.4) is 0 Å². The van der Waals surface area contributed by atoms with Gasteiger partial charge in [0.2, 0.25) is 10.0 Å². The molecule has 198 valence electrons. The zero-order valence-electron chi connectivity index (χ0n) is 21.3. The Balaban J connectivity index is 1.46. The number of unbranched alkanes of at least 4 members (excludes halogenated alkanes) is 1. The number of sulfonamides is 1. The number of aromatic nitrogens is 2. The van der Waals surface area contributed by atoms with Crippen LogP contribution >= 0.6 is 0 Å². The van der Waals surface area contributed by atoms with Crippen LogP contribution in [0.15, 0.2) is 42.1 Å². The summed E-state index contributed by atoms with van der Waals surface area (Å²) in [6.45, 7) is 5.43. The number of benzene rings is 1. The monoisotopic (exact) mass is 526 g/mol. The quantitative estimate of drug-likeness (QED) is 0.343. The minimum absolute atomic E-state index is 0.196. The number of carbonyl (C=O) groups excluding carboxylic acids is 2. The van der Waals surface area contributed by atoms with Crippen molar-refractivity contribution in [3.63, 3.8) is 0 Å². The van der Waals surface area contributed by atoms with Gasteiger partial charge in [0.05, 0.1) is 23.1 Å². The maximum Gasteiger partial charge on any atom is 0.270 e. The van der Waals surface area contributed by atoms with E-state index < -0.39 is 32.6 Å². The summed E-state index contributed by atoms with van der Waals surface area (Å²) in [5, 5.41) is 7.06. The summed E-state index contributed by atoms with van der Waals surface area (Å²) in [6.07, 6.45) is 7.52. The van der Waals surface area contributed by atoms with Crippen LogP contribution in [0.25, 0.3) is 5.57 Å². The highest BCUT2D eigenvalue weighted by atomic mass is 32.2. The number of hydrogen-bond acceptors (Lipinski definition) is 6. The Morgan fingerprint density at radius 3 is 2.57 bits per heavy atom. The van der Waals surface area contributed by atoms with Gasteiger partial charge in [-0.05, 0) is 68.7 Å². The predicted molar refractivity (Wildman–Crippen MR) is 139 cm³/mol. The molecule has 0 bridgehead atoms. The van der Waals surface area contributed by atoms with E-state index in [9.17, 15) is 18.0 Å². The molecule has 2 saturated carbocycles. The van der Waals surface area contributed by atoms with E-state index >= 15 is 0 Å². The van der Waals surface area contributed by atoms with E-state index in [2.05, 4.69) is 22.1 Å². The molecule has 2 N–H and O–H groups in total. The van der Waals surface area contributed by atoms with Crippen LogP contribution in [0.1, 0.15) is 70.1 Å². The first-order valence-electron chi connectivity index (χ1n) is 13.1. The molecule has 37 heavy (non-hydrogen) atoms. The standard InChI is InChI=1S/C27H34N4O5S/c1-3-4-15-36-20-9-7-19(8-10-20)27(2)16-22(23-13-14-31(29-23)17-18-5-6-18)24(25(32)28-27)26(33)30-37(34,35)21-11-12-21/h7-10,13-14,18,21H,3-6,11-12,15-17H2,1-2H3,(H,28,32)(H,30,33). The third kappa shape index (κ3) is 5.74. The summed E-state index contributed by atoms with van der Waals surface area (Å²) in [6, 6.07) is 9.37. The third-order valence-electron chi connectivity index (χ3n) is 7.22. The number of ether oxygens (including phenoxy) is 1. The zero-order chi connectivity index (χ0) is 26.2. The van der Waals surface area contributed by atoms with E-state index in [0.29, 0.717) is 36.6 Å². The van der Waals surface area contributed by atoms with Gasteiger partial charge >= 0.3 is 0 Å². The molecule has 10 heteroatoms. The van der Waals surface area contributed by atoms with Gasteiger partial charge in [-0.2, -0.15) is 5.10 Å². The molecule has 2 amide bonds. The highest BCUT2D eigenvalue weighted by Gasteiger charge is 2.43. The average Bonchev–Trinajstić information content (AvgIpc) is 3.77. The second-order valence-electron chi connectivity index (χ2n) is 10.6. The van der Waals surface area contributed by atoms with Crippen LogP contribution < -0.4 is 14.8 Å². The van der Waals surface area contributed by atoms with Crippen molar-refractivity contribution in [1.82, 2.24) is 19.8 Å². The Hall–Kier alpha value is -3.14. The maximum atomic E-state index is 13.4. The molecular weight excluding hydrogens is 492 g/mol. The molecule has 5 rings (SSSR count). The van der Waals surface area contributed by atoms with Gasteiger partial charge in [0, 0.05) is 24.7 Å². The Labute approximate surface area is 217 Å². The van der Waals surface area contributed by atoms with Crippen molar-refractivity contribution < 1.29 is 22.7 Å². The summed E-state index contributed by atoms with van der Waals surface area (Å²) in [5.41, 5.74) is 0.776. The van der Waals surface area contributed by atoms with Crippen molar-refractivity contribution in [3.8, 4) is 5.75 Å². The minimum Gasteiger partial charge on any atom is -0.494 e. The van der Waals surface area contributed by atoms with Gasteiger partial charge in [0.1, 0.15) is 11.3 Å². The highest BCUT2D eigenvalue weighted by Crippen LogP contribution is 2.39. The molecule has 2 aromatic rings. The average molecular weight is 527 g/mol. The molecule has 2 aliphatic carbocycles. The number of amides is 2. The van der Waals surface area contributed by atoms with Gasteiger partial charge < -0.3 is 10.1 Å². The maximum absolute atomic E-state index is 13.4. The van der Waals surface area contributed by atoms with Gasteiger partial charge in [-0.3, -0.25) is 14.3 Å². The lowest BCUT2D eigenvalue weighted by molar-refractivity contribution is -0.124. The molecule has 0 radical (unpaired) electrons. The first-order valence-corrected chi connectivity index (χ1v) is 14.6. The van der Waals surface area contributed by atoms with Gasteiger partial charge in [-0.15, -0.1) is 0 Å². The number of rotatable bonds is 11. The van der Waals surface area contributed by atoms with Crippen molar-refractivity contribution in [2.75, 3.05) is 6.61 Å². The van der Waals surface area contributed by atoms with Crippen molar-refractivity contribution >= 4 is 27.4 Å². The molecule has 2 heterocycles. The van der Waals surface area contributed by atoms with Crippen LogP contribution in [0.2, 0.25) is 0 Å². The van der Waals surface area contributed by atoms with Crippen molar-refractivity contribution in [3.05, 3.63) is 53.4 Å². The molecule has 3 aliphatic rings. The number of nitrogens with zero attached hydrogens (tertiary/aromatic N) is 2. The third-order valence-corrected chi connectivity index (χ3v) is 9.04. The lowest BCUT2D eigenvalue weighted by Gasteiger charge is -2.37. The molecule has 0 saturated heterocycles. The molecule has 0 spiro atoms. The first kappa shape index (κ1) is 25.5. The van der Waals surface area contributed by atoms with Crippen molar-refractivity contribution in [2.45, 2.75) is 76.1 Å². The topological polar surface area (TPSA) is 119 Å². The van der Waals surface area contributed by atoms with Crippen LogP contribution in [0, 0.1) is 5.92 Å². The van der Waals surface area contributed by atoms with E-state index in [1.807, 2.05) is 42.1 Å². The second-order valence-corrected chi connectivity index (χ2v) is 12.5. The van der Waals surface area contributed by atoms with E-state index in [1.54, 1.807) is 6.07 Å². The Morgan fingerprint density at radius 1 is 1.19 bits per heavy atom. The number of carbonyl (C=O) groups is 2. The van der Waals surface area contributed by atoms with Gasteiger partial charge in [-0.1, -0.05) is 25.5 Å². The van der Waals surface area contributed by atoms with Crippen LogP contribution in [-0.4, -0.2) is 41.9 Å². The molecule has 1 aromatic carbocycles. The van der Waals surface area contributed by atoms with Crippen LogP contribution in [-0.2, 0) is 31.7 Å². The van der Waals surface area contributed by atoms with Gasteiger partial charge in [0.25, 0.3) is 11.8 Å². The molecule has 1 aromatic heterocycles. The van der Waals surface area contributed by atoms with Gasteiger partial charge in [-0.25, -0.2) is 13.1 Å². The van der Waals surface area contributed by atoms with E-state index in [4.69, 9.17) is 4.74 Å². The molecule has 9 nitrogen and oxygen atoms in total. The fraction of sp³-hybridized carbons (Fsp3) is 0.519. The van der Waals surface area contributed by atoms with Gasteiger partial charge in [0.15, 0.2) is 0 Å². The fourth-order valence-corrected chi connectivity index (χ4v) is 5.94. The lowest BCUT2D eigenvalue weighted by Crippen LogP contribution is -2.51. The molecule has 2 fully saturated rings. The predicted octanol–water partition coefficient (Wildman–Crippen LogP) is 3.27. The summed E-state index contributed by atoms with van der Waals surface area (Å²) in [4.78, 5) is 26.6. The van der Waals surface area contributed by atoms with Crippen molar-refractivity contribution in [2.24, 2.45) is 5.92 Å². The van der Waals surface area contributed by atoms with Crippen LogP contribution in [0.4, 0.5) is 0 Å². The minimum atomic E-state index is -3.82. The largest absolute Gasteiger partial charge is 0.494 e. The summed E-state index contributed by atoms with van der Waals surface area (Å²) < 4.78 is 34.7. The Morgan fingerprint density at radius 2 is 1.92 bits per heavy atom. The first-order chi connectivity index (χ1) is 17.7. The SMILES string of the molecule is CCCCOc1ccc(C2(C)CC(c3ccn(CC4CC4)n3)=C(C(=O)NS(=O)(=O)C3CC3)C(=O)N2)cc1. The zero-order valence-corrected chi connectivity index (χ0v) is 22.1. The Kier molecular flexibility index (Phi) is 6.87. The number of hydrogen-bond donors (Lipinski definition) is 2.